The van der Waals surface area contributed by atoms with E-state index in [9.17, 15) is 4.79 Å². The van der Waals surface area contributed by atoms with Crippen LogP contribution in [-0.4, -0.2) is 10.5 Å². The standard InChI is InChI=1S/C16H18BrN3O/c17-12-4-6-13(7-5-12)19-16(21)10-20-8-11-2-1-3-15(18)14(11)9-20/h4-9,15H,1-3,10,18H2,(H,19,21). The summed E-state index contributed by atoms with van der Waals surface area (Å²) < 4.78 is 2.93. The van der Waals surface area contributed by atoms with Gasteiger partial charge in [-0.2, -0.15) is 0 Å². The molecule has 0 spiro atoms. The van der Waals surface area contributed by atoms with Gasteiger partial charge in [0.1, 0.15) is 6.54 Å². The second-order valence-corrected chi connectivity index (χ2v) is 6.38. The highest BCUT2D eigenvalue weighted by atomic mass is 79.9. The van der Waals surface area contributed by atoms with Crippen molar-refractivity contribution in [1.82, 2.24) is 4.57 Å². The van der Waals surface area contributed by atoms with E-state index >= 15 is 0 Å². The van der Waals surface area contributed by atoms with Crippen molar-refractivity contribution in [3.05, 3.63) is 52.3 Å². The first-order chi connectivity index (χ1) is 10.1. The number of aromatic nitrogens is 1. The molecule has 1 atom stereocenters. The van der Waals surface area contributed by atoms with Crippen molar-refractivity contribution < 1.29 is 4.79 Å². The number of fused-ring (bicyclic) bond motifs is 1. The van der Waals surface area contributed by atoms with Crippen LogP contribution in [0.5, 0.6) is 0 Å². The molecule has 1 aliphatic carbocycles. The van der Waals surface area contributed by atoms with Gasteiger partial charge in [0.05, 0.1) is 0 Å². The van der Waals surface area contributed by atoms with Crippen LogP contribution in [0.25, 0.3) is 0 Å². The molecule has 0 saturated carbocycles. The Morgan fingerprint density at radius 1 is 1.33 bits per heavy atom. The van der Waals surface area contributed by atoms with Crippen LogP contribution >= 0.6 is 15.9 Å². The molecule has 1 amide bonds. The summed E-state index contributed by atoms with van der Waals surface area (Å²) in [6, 6.07) is 7.67. The largest absolute Gasteiger partial charge is 0.344 e. The van der Waals surface area contributed by atoms with Gasteiger partial charge in [-0.15, -0.1) is 0 Å². The Balaban J connectivity index is 1.66. The number of aryl methyl sites for hydroxylation is 1. The molecule has 5 heteroatoms. The van der Waals surface area contributed by atoms with Gasteiger partial charge in [-0.05, 0) is 54.7 Å². The smallest absolute Gasteiger partial charge is 0.244 e. The third kappa shape index (κ3) is 3.36. The number of amides is 1. The number of benzene rings is 1. The van der Waals surface area contributed by atoms with Crippen molar-refractivity contribution in [2.24, 2.45) is 5.73 Å². The quantitative estimate of drug-likeness (QED) is 0.895. The van der Waals surface area contributed by atoms with Crippen LogP contribution in [0.4, 0.5) is 5.69 Å². The third-order valence-electron chi connectivity index (χ3n) is 3.81. The molecule has 0 saturated heterocycles. The fourth-order valence-corrected chi connectivity index (χ4v) is 3.04. The SMILES string of the molecule is NC1CCCc2cn(CC(=O)Nc3ccc(Br)cc3)cc21. The second-order valence-electron chi connectivity index (χ2n) is 5.46. The van der Waals surface area contributed by atoms with Crippen molar-refractivity contribution in [1.29, 1.82) is 0 Å². The molecule has 0 aliphatic heterocycles. The van der Waals surface area contributed by atoms with Crippen LogP contribution in [0, 0.1) is 0 Å². The number of anilines is 1. The van der Waals surface area contributed by atoms with E-state index in [0.29, 0.717) is 6.54 Å². The molecule has 1 heterocycles. The number of nitrogens with two attached hydrogens (primary N) is 1. The fourth-order valence-electron chi connectivity index (χ4n) is 2.78. The summed E-state index contributed by atoms with van der Waals surface area (Å²) in [5.41, 5.74) is 9.39. The summed E-state index contributed by atoms with van der Waals surface area (Å²) in [4.78, 5) is 12.1. The summed E-state index contributed by atoms with van der Waals surface area (Å²) >= 11 is 3.37. The van der Waals surface area contributed by atoms with E-state index in [0.717, 1.165) is 29.4 Å². The molecule has 2 aromatic rings. The van der Waals surface area contributed by atoms with Crippen LogP contribution in [-0.2, 0) is 17.8 Å². The maximum atomic E-state index is 12.1. The molecule has 1 unspecified atom stereocenters. The van der Waals surface area contributed by atoms with Gasteiger partial charge in [0.2, 0.25) is 5.91 Å². The molecular weight excluding hydrogens is 330 g/mol. The van der Waals surface area contributed by atoms with Gasteiger partial charge in [0.15, 0.2) is 0 Å². The molecule has 1 aliphatic rings. The van der Waals surface area contributed by atoms with Crippen LogP contribution < -0.4 is 11.1 Å². The van der Waals surface area contributed by atoms with E-state index in [1.807, 2.05) is 35.0 Å². The Morgan fingerprint density at radius 2 is 2.10 bits per heavy atom. The minimum absolute atomic E-state index is 0.0294. The van der Waals surface area contributed by atoms with Gasteiger partial charge < -0.3 is 15.6 Å². The first-order valence-corrected chi connectivity index (χ1v) is 7.90. The van der Waals surface area contributed by atoms with E-state index in [1.54, 1.807) is 0 Å². The zero-order valence-electron chi connectivity index (χ0n) is 11.7. The lowest BCUT2D eigenvalue weighted by Crippen LogP contribution is -2.18. The number of hydrogen-bond acceptors (Lipinski definition) is 2. The van der Waals surface area contributed by atoms with Crippen molar-refractivity contribution in [2.75, 3.05) is 5.32 Å². The normalized spacial score (nSPS) is 17.3. The average molecular weight is 348 g/mol. The number of nitrogens with zero attached hydrogens (tertiary/aromatic N) is 1. The van der Waals surface area contributed by atoms with E-state index in [1.165, 1.54) is 11.1 Å². The minimum Gasteiger partial charge on any atom is -0.344 e. The molecule has 3 N–H and O–H groups in total. The van der Waals surface area contributed by atoms with Crippen LogP contribution in [0.1, 0.15) is 30.0 Å². The van der Waals surface area contributed by atoms with Gasteiger partial charge >= 0.3 is 0 Å². The van der Waals surface area contributed by atoms with E-state index < -0.39 is 0 Å². The summed E-state index contributed by atoms with van der Waals surface area (Å²) in [5.74, 6) is -0.0294. The number of rotatable bonds is 3. The maximum Gasteiger partial charge on any atom is 0.244 e. The Bertz CT molecular complexity index is 648. The Labute approximate surface area is 132 Å². The number of nitrogens with one attached hydrogen (secondary N) is 1. The molecule has 0 bridgehead atoms. The van der Waals surface area contributed by atoms with E-state index in [2.05, 4.69) is 27.4 Å². The molecule has 3 rings (SSSR count). The molecule has 1 aromatic heterocycles. The zero-order chi connectivity index (χ0) is 14.8. The number of carbonyl (C=O) groups excluding carboxylic acids is 1. The molecule has 21 heavy (non-hydrogen) atoms. The number of hydrogen-bond donors (Lipinski definition) is 2. The van der Waals surface area contributed by atoms with Gasteiger partial charge in [0, 0.05) is 28.6 Å². The van der Waals surface area contributed by atoms with Gasteiger partial charge in [-0.1, -0.05) is 15.9 Å². The van der Waals surface area contributed by atoms with E-state index in [-0.39, 0.29) is 11.9 Å². The summed E-state index contributed by atoms with van der Waals surface area (Å²) in [6.07, 6.45) is 7.28. The Morgan fingerprint density at radius 3 is 2.81 bits per heavy atom. The lowest BCUT2D eigenvalue weighted by atomic mass is 9.92. The summed E-state index contributed by atoms with van der Waals surface area (Å²) in [5, 5.41) is 2.90. The van der Waals surface area contributed by atoms with Crippen LogP contribution in [0.2, 0.25) is 0 Å². The molecule has 0 radical (unpaired) electrons. The van der Waals surface area contributed by atoms with Crippen molar-refractivity contribution in [3.63, 3.8) is 0 Å². The Hall–Kier alpha value is -1.59. The monoisotopic (exact) mass is 347 g/mol. The second kappa shape index (κ2) is 6.03. The van der Waals surface area contributed by atoms with Gasteiger partial charge in [-0.3, -0.25) is 4.79 Å². The number of carbonyl (C=O) groups is 1. The lowest BCUT2D eigenvalue weighted by Gasteiger charge is -2.17. The van der Waals surface area contributed by atoms with Crippen molar-refractivity contribution in [3.8, 4) is 0 Å². The topological polar surface area (TPSA) is 60.0 Å². The Kier molecular flexibility index (Phi) is 4.12. The average Bonchev–Trinajstić information content (AvgIpc) is 2.85. The van der Waals surface area contributed by atoms with E-state index in [4.69, 9.17) is 5.73 Å². The van der Waals surface area contributed by atoms with Crippen molar-refractivity contribution in [2.45, 2.75) is 31.8 Å². The highest BCUT2D eigenvalue weighted by Crippen LogP contribution is 2.28. The minimum atomic E-state index is -0.0294. The molecule has 0 fully saturated rings. The molecule has 4 nitrogen and oxygen atoms in total. The maximum absolute atomic E-state index is 12.1. The van der Waals surface area contributed by atoms with Crippen LogP contribution in [0.3, 0.4) is 0 Å². The first kappa shape index (κ1) is 14.4. The fraction of sp³-hybridized carbons (Fsp3) is 0.312. The predicted molar refractivity (Wildman–Crippen MR) is 87.1 cm³/mol. The first-order valence-electron chi connectivity index (χ1n) is 7.11. The van der Waals surface area contributed by atoms with Crippen molar-refractivity contribution >= 4 is 27.5 Å². The predicted octanol–water partition coefficient (Wildman–Crippen LogP) is 3.23. The summed E-state index contributed by atoms with van der Waals surface area (Å²) in [7, 11) is 0. The number of halogens is 1. The highest BCUT2D eigenvalue weighted by molar-refractivity contribution is 9.10. The zero-order valence-corrected chi connectivity index (χ0v) is 13.3. The molecular formula is C16H18BrN3O. The van der Waals surface area contributed by atoms with Gasteiger partial charge in [-0.25, -0.2) is 0 Å². The van der Waals surface area contributed by atoms with Crippen LogP contribution in [0.15, 0.2) is 41.1 Å². The lowest BCUT2D eigenvalue weighted by molar-refractivity contribution is -0.116. The summed E-state index contributed by atoms with van der Waals surface area (Å²) in [6.45, 7) is 0.315. The highest BCUT2D eigenvalue weighted by Gasteiger charge is 2.19. The molecule has 110 valence electrons. The molecule has 1 aromatic carbocycles. The third-order valence-corrected chi connectivity index (χ3v) is 4.34. The van der Waals surface area contributed by atoms with Gasteiger partial charge in [0.25, 0.3) is 0 Å².